The number of rotatable bonds is 1. The van der Waals surface area contributed by atoms with Crippen molar-refractivity contribution in [1.29, 1.82) is 0 Å². The molecule has 0 amide bonds. The molecule has 0 N–H and O–H groups in total. The van der Waals surface area contributed by atoms with Gasteiger partial charge in [-0.15, -0.1) is 0 Å². The Morgan fingerprint density at radius 2 is 2.30 bits per heavy atom. The molecule has 2 rings (SSSR count). The number of hydrogen-bond acceptors (Lipinski definition) is 0. The van der Waals surface area contributed by atoms with Crippen LogP contribution in [0.2, 0.25) is 0 Å². The Kier molecular flexibility index (Phi) is 1.96. The number of hydrogen-bond donors (Lipinski definition) is 0. The van der Waals surface area contributed by atoms with Crippen molar-refractivity contribution in [1.82, 2.24) is 0 Å². The molecule has 0 aromatic heterocycles. The summed E-state index contributed by atoms with van der Waals surface area (Å²) in [7, 11) is 0. The molecule has 0 spiro atoms. The van der Waals surface area contributed by atoms with Crippen LogP contribution in [0.1, 0.15) is 45.4 Å². The van der Waals surface area contributed by atoms with Crippen LogP contribution in [0, 0.1) is 0 Å². The summed E-state index contributed by atoms with van der Waals surface area (Å²) in [4.78, 5) is 0. The van der Waals surface area contributed by atoms with E-state index in [0.717, 1.165) is 3.42 Å². The van der Waals surface area contributed by atoms with E-state index in [4.69, 9.17) is 0 Å². The molecule has 0 aliphatic carbocycles. The third kappa shape index (κ3) is 1.10. The molecule has 0 nitrogen and oxygen atoms in total. The van der Waals surface area contributed by atoms with Gasteiger partial charge in [0.1, 0.15) is 0 Å². The normalized spacial score (nSPS) is 46.7. The molecule has 2 aliphatic heterocycles. The molecule has 0 radical (unpaired) electrons. The molecular weight excluding hydrogens is 235 g/mol. The molecule has 2 aliphatic rings. The summed E-state index contributed by atoms with van der Waals surface area (Å²) in [6.45, 7) is 2.41. The molecule has 0 aromatic rings. The predicted molar refractivity (Wildman–Crippen MR) is 39.9 cm³/mol. The van der Waals surface area contributed by atoms with E-state index in [-0.39, 0.29) is 0 Å². The Morgan fingerprint density at radius 3 is 3.00 bits per heavy atom. The maximum atomic E-state index is 2.41. The van der Waals surface area contributed by atoms with Crippen LogP contribution in [0.3, 0.4) is 0 Å². The van der Waals surface area contributed by atoms with Gasteiger partial charge < -0.3 is 0 Å². The second-order valence-corrected chi connectivity index (χ2v) is 8.31. The van der Waals surface area contributed by atoms with Gasteiger partial charge in [0.2, 0.25) is 0 Å². The van der Waals surface area contributed by atoms with Crippen LogP contribution in [-0.4, -0.2) is 7.35 Å². The molecule has 1 heteroatoms. The van der Waals surface area contributed by atoms with Crippen molar-refractivity contribution in [2.45, 2.75) is 52.8 Å². The third-order valence-electron chi connectivity index (χ3n) is 3.07. The van der Waals surface area contributed by atoms with Crippen LogP contribution in [0.25, 0.3) is 0 Å². The molecule has 2 heterocycles. The van der Waals surface area contributed by atoms with Gasteiger partial charge in [0.15, 0.2) is 0 Å². The van der Waals surface area contributed by atoms with Gasteiger partial charge >= 0.3 is 74.0 Å². The van der Waals surface area contributed by atoms with Crippen LogP contribution < -0.4 is 21.2 Å². The Labute approximate surface area is 74.0 Å². The molecular formula is C9H16I-. The van der Waals surface area contributed by atoms with Gasteiger partial charge in [-0.2, -0.15) is 0 Å². The number of fused-ring (bicyclic) bond motifs is 2. The third-order valence-corrected chi connectivity index (χ3v) is 8.36. The summed E-state index contributed by atoms with van der Waals surface area (Å²) in [5.41, 5.74) is 0. The van der Waals surface area contributed by atoms with Crippen molar-refractivity contribution in [3.63, 3.8) is 0 Å². The minimum atomic E-state index is 0.613. The standard InChI is InChI=1S/C9H16I/c1-2-9-6-3-4-8(10-9)5-7-9/h8H,2-7H2,1H3/q-1/t8-,9?/m1/s1. The van der Waals surface area contributed by atoms with E-state index < -0.39 is 0 Å². The molecule has 60 valence electrons. The second-order valence-electron chi connectivity index (χ2n) is 3.64. The summed E-state index contributed by atoms with van der Waals surface area (Å²) in [5, 5.41) is 0. The van der Waals surface area contributed by atoms with Crippen LogP contribution >= 0.6 is 0 Å². The molecule has 2 atom stereocenters. The molecule has 2 saturated heterocycles. The Hall–Kier alpha value is 0.730. The van der Waals surface area contributed by atoms with Crippen molar-refractivity contribution < 1.29 is 21.2 Å². The second kappa shape index (κ2) is 2.65. The molecule has 0 aromatic carbocycles. The molecule has 2 fully saturated rings. The van der Waals surface area contributed by atoms with E-state index in [2.05, 4.69) is 6.92 Å². The first kappa shape index (κ1) is 7.38. The van der Waals surface area contributed by atoms with Crippen LogP contribution in [0.4, 0.5) is 0 Å². The van der Waals surface area contributed by atoms with E-state index in [0.29, 0.717) is 21.2 Å². The van der Waals surface area contributed by atoms with Gasteiger partial charge in [0, 0.05) is 0 Å². The average molecular weight is 251 g/mol. The summed E-state index contributed by atoms with van der Waals surface area (Å²) < 4.78 is 2.19. The molecule has 2 bridgehead atoms. The first-order valence-corrected chi connectivity index (χ1v) is 6.82. The van der Waals surface area contributed by atoms with Gasteiger partial charge in [-0.05, 0) is 0 Å². The fourth-order valence-electron chi connectivity index (χ4n) is 2.30. The molecule has 1 unspecified atom stereocenters. The van der Waals surface area contributed by atoms with Crippen molar-refractivity contribution in [2.24, 2.45) is 0 Å². The SMILES string of the molecule is CCC12CCC[C@H](CC1)[I-]2. The Bertz CT molecular complexity index is 129. The zero-order valence-corrected chi connectivity index (χ0v) is 8.86. The van der Waals surface area contributed by atoms with E-state index >= 15 is 0 Å². The zero-order valence-electron chi connectivity index (χ0n) is 6.70. The summed E-state index contributed by atoms with van der Waals surface area (Å²) in [5.74, 6) is 0. The van der Waals surface area contributed by atoms with Gasteiger partial charge in [0.05, 0.1) is 0 Å². The number of halogens is 1. The number of alkyl halides is 2. The summed E-state index contributed by atoms with van der Waals surface area (Å²) in [6.07, 6.45) is 9.43. The predicted octanol–water partition coefficient (Wildman–Crippen LogP) is -0.429. The van der Waals surface area contributed by atoms with Crippen LogP contribution in [0.5, 0.6) is 0 Å². The van der Waals surface area contributed by atoms with Gasteiger partial charge in [-0.25, -0.2) is 0 Å². The van der Waals surface area contributed by atoms with Gasteiger partial charge in [-0.3, -0.25) is 0 Å². The van der Waals surface area contributed by atoms with E-state index in [1.54, 1.807) is 32.1 Å². The van der Waals surface area contributed by atoms with Crippen molar-refractivity contribution in [3.8, 4) is 0 Å². The van der Waals surface area contributed by atoms with Gasteiger partial charge in [0.25, 0.3) is 0 Å². The topological polar surface area (TPSA) is 0 Å². The quantitative estimate of drug-likeness (QED) is 0.438. The van der Waals surface area contributed by atoms with Crippen molar-refractivity contribution >= 4 is 0 Å². The monoisotopic (exact) mass is 251 g/mol. The Morgan fingerprint density at radius 1 is 1.40 bits per heavy atom. The van der Waals surface area contributed by atoms with E-state index in [1.807, 2.05) is 0 Å². The maximum absolute atomic E-state index is 2.41. The van der Waals surface area contributed by atoms with Crippen molar-refractivity contribution in [2.75, 3.05) is 0 Å². The van der Waals surface area contributed by atoms with Crippen LogP contribution in [0.15, 0.2) is 0 Å². The van der Waals surface area contributed by atoms with E-state index in [1.165, 1.54) is 10.3 Å². The van der Waals surface area contributed by atoms with Gasteiger partial charge in [-0.1, -0.05) is 0 Å². The minimum absolute atomic E-state index is 0.613. The Balaban J connectivity index is 2.10. The van der Waals surface area contributed by atoms with Crippen LogP contribution in [-0.2, 0) is 0 Å². The first-order chi connectivity index (χ1) is 4.85. The molecule has 10 heavy (non-hydrogen) atoms. The fourth-order valence-corrected chi connectivity index (χ4v) is 7.30. The molecule has 0 saturated carbocycles. The summed E-state index contributed by atoms with van der Waals surface area (Å²) >= 11 is 0.613. The summed E-state index contributed by atoms with van der Waals surface area (Å²) in [6, 6.07) is 0. The fraction of sp³-hybridized carbons (Fsp3) is 1.00. The first-order valence-electron chi connectivity index (χ1n) is 4.49. The average Bonchev–Trinajstić information content (AvgIpc) is 2.29. The zero-order chi connectivity index (χ0) is 7.03. The van der Waals surface area contributed by atoms with E-state index in [9.17, 15) is 0 Å². The van der Waals surface area contributed by atoms with Crippen molar-refractivity contribution in [3.05, 3.63) is 0 Å².